The van der Waals surface area contributed by atoms with Crippen LogP contribution in [-0.2, 0) is 24.8 Å². The van der Waals surface area contributed by atoms with Gasteiger partial charge in [0.25, 0.3) is 0 Å². The Morgan fingerprint density at radius 3 is 2.56 bits per heavy atom. The number of aromatic nitrogens is 1. The number of carbonyl (C=O) groups excluding carboxylic acids is 1. The van der Waals surface area contributed by atoms with Crippen molar-refractivity contribution in [2.45, 2.75) is 32.4 Å². The molecular formula is C21H26N2O4. The molecule has 3 rings (SSSR count). The minimum absolute atomic E-state index is 0.00915. The predicted octanol–water partition coefficient (Wildman–Crippen LogP) is 2.11. The number of piperidine rings is 1. The SMILES string of the molecule is CC(=O)c1cc(CN2CC[C@H](O)[C@@](Cc3ccccc3)(C(=O)O)C2)n(C)c1. The van der Waals surface area contributed by atoms with Crippen LogP contribution in [0, 0.1) is 5.41 Å². The molecule has 144 valence electrons. The number of hydrogen-bond donors (Lipinski definition) is 2. The number of likely N-dealkylation sites (tertiary alicyclic amines) is 1. The van der Waals surface area contributed by atoms with Crippen LogP contribution in [0.2, 0.25) is 0 Å². The van der Waals surface area contributed by atoms with Gasteiger partial charge in [-0.1, -0.05) is 30.3 Å². The number of Topliss-reactive ketones (excluding diaryl/α,β-unsaturated/α-hetero) is 1. The van der Waals surface area contributed by atoms with Gasteiger partial charge in [0.2, 0.25) is 0 Å². The van der Waals surface area contributed by atoms with Gasteiger partial charge >= 0.3 is 5.97 Å². The average Bonchev–Trinajstić information content (AvgIpc) is 2.99. The molecule has 0 saturated carbocycles. The van der Waals surface area contributed by atoms with Crippen LogP contribution < -0.4 is 0 Å². The smallest absolute Gasteiger partial charge is 0.313 e. The first-order chi connectivity index (χ1) is 12.8. The Hall–Kier alpha value is -2.44. The molecule has 0 aliphatic carbocycles. The van der Waals surface area contributed by atoms with Crippen LogP contribution in [-0.4, -0.2) is 50.6 Å². The Bertz CT molecular complexity index is 830. The number of hydrogen-bond acceptors (Lipinski definition) is 4. The molecule has 0 spiro atoms. The summed E-state index contributed by atoms with van der Waals surface area (Å²) in [4.78, 5) is 25.9. The molecule has 2 N–H and O–H groups in total. The molecule has 27 heavy (non-hydrogen) atoms. The predicted molar refractivity (Wildman–Crippen MR) is 102 cm³/mol. The molecule has 6 nitrogen and oxygen atoms in total. The topological polar surface area (TPSA) is 82.8 Å². The van der Waals surface area contributed by atoms with E-state index in [-0.39, 0.29) is 18.7 Å². The Morgan fingerprint density at radius 2 is 1.96 bits per heavy atom. The van der Waals surface area contributed by atoms with Crippen LogP contribution in [0.1, 0.15) is 35.0 Å². The van der Waals surface area contributed by atoms with Crippen molar-refractivity contribution in [3.8, 4) is 0 Å². The van der Waals surface area contributed by atoms with Crippen LogP contribution in [0.3, 0.4) is 0 Å². The van der Waals surface area contributed by atoms with Crippen molar-refractivity contribution in [2.24, 2.45) is 12.5 Å². The monoisotopic (exact) mass is 370 g/mol. The van der Waals surface area contributed by atoms with Gasteiger partial charge in [0.1, 0.15) is 5.41 Å². The molecule has 0 radical (unpaired) electrons. The minimum atomic E-state index is -1.24. The van der Waals surface area contributed by atoms with E-state index in [2.05, 4.69) is 4.90 Å². The zero-order valence-electron chi connectivity index (χ0n) is 15.8. The molecule has 1 fully saturated rings. The van der Waals surface area contributed by atoms with E-state index < -0.39 is 17.5 Å². The lowest BCUT2D eigenvalue weighted by molar-refractivity contribution is -0.163. The van der Waals surface area contributed by atoms with E-state index in [4.69, 9.17) is 0 Å². The maximum absolute atomic E-state index is 12.2. The van der Waals surface area contributed by atoms with Crippen molar-refractivity contribution in [1.82, 2.24) is 9.47 Å². The molecular weight excluding hydrogens is 344 g/mol. The lowest BCUT2D eigenvalue weighted by Crippen LogP contribution is -2.56. The summed E-state index contributed by atoms with van der Waals surface area (Å²) in [5, 5.41) is 20.6. The molecule has 0 unspecified atom stereocenters. The van der Waals surface area contributed by atoms with Gasteiger partial charge in [0.05, 0.1) is 6.10 Å². The van der Waals surface area contributed by atoms with E-state index in [9.17, 15) is 19.8 Å². The van der Waals surface area contributed by atoms with E-state index in [1.54, 1.807) is 6.20 Å². The van der Waals surface area contributed by atoms with Gasteiger partial charge in [-0.2, -0.15) is 0 Å². The Labute approximate surface area is 159 Å². The first-order valence-electron chi connectivity index (χ1n) is 9.16. The van der Waals surface area contributed by atoms with Crippen LogP contribution in [0.4, 0.5) is 0 Å². The summed E-state index contributed by atoms with van der Waals surface area (Å²) in [7, 11) is 1.88. The normalized spacial score (nSPS) is 23.3. The molecule has 1 saturated heterocycles. The molecule has 1 aromatic heterocycles. The lowest BCUT2D eigenvalue weighted by Gasteiger charge is -2.43. The second-order valence-corrected chi connectivity index (χ2v) is 7.53. The highest BCUT2D eigenvalue weighted by molar-refractivity contribution is 5.94. The zero-order chi connectivity index (χ0) is 19.6. The third-order valence-corrected chi connectivity index (χ3v) is 5.55. The quantitative estimate of drug-likeness (QED) is 0.761. The summed E-state index contributed by atoms with van der Waals surface area (Å²) in [6, 6.07) is 11.3. The number of benzene rings is 1. The molecule has 0 bridgehead atoms. The minimum Gasteiger partial charge on any atom is -0.481 e. The maximum atomic E-state index is 12.2. The molecule has 1 aliphatic rings. The van der Waals surface area contributed by atoms with Crippen molar-refractivity contribution in [3.05, 3.63) is 59.4 Å². The highest BCUT2D eigenvalue weighted by Gasteiger charge is 2.49. The lowest BCUT2D eigenvalue weighted by atomic mass is 9.73. The third kappa shape index (κ3) is 3.96. The number of nitrogens with zero attached hydrogens (tertiary/aromatic N) is 2. The number of aliphatic carboxylic acids is 1. The molecule has 1 aliphatic heterocycles. The van der Waals surface area contributed by atoms with Crippen molar-refractivity contribution in [3.63, 3.8) is 0 Å². The van der Waals surface area contributed by atoms with Gasteiger partial charge in [0.15, 0.2) is 5.78 Å². The average molecular weight is 370 g/mol. The summed E-state index contributed by atoms with van der Waals surface area (Å²) in [6.45, 7) is 2.95. The summed E-state index contributed by atoms with van der Waals surface area (Å²) in [5.74, 6) is -0.963. The van der Waals surface area contributed by atoms with Gasteiger partial charge in [-0.25, -0.2) is 0 Å². The molecule has 1 aromatic carbocycles. The van der Waals surface area contributed by atoms with E-state index in [0.29, 0.717) is 25.1 Å². The maximum Gasteiger partial charge on any atom is 0.313 e. The number of aliphatic hydroxyl groups is 1. The fourth-order valence-electron chi connectivity index (χ4n) is 3.91. The van der Waals surface area contributed by atoms with Crippen LogP contribution >= 0.6 is 0 Å². The number of carboxylic acids is 1. The number of carbonyl (C=O) groups is 2. The Balaban J connectivity index is 1.83. The van der Waals surface area contributed by atoms with Crippen molar-refractivity contribution < 1.29 is 19.8 Å². The summed E-state index contributed by atoms with van der Waals surface area (Å²) < 4.78 is 1.90. The zero-order valence-corrected chi connectivity index (χ0v) is 15.8. The van der Waals surface area contributed by atoms with E-state index in [0.717, 1.165) is 11.3 Å². The largest absolute Gasteiger partial charge is 0.481 e. The Morgan fingerprint density at radius 1 is 1.26 bits per heavy atom. The molecule has 2 atom stereocenters. The fourth-order valence-corrected chi connectivity index (χ4v) is 3.91. The standard InChI is InChI=1S/C21H26N2O4/c1-15(24)17-10-18(22(2)12-17)13-23-9-8-19(25)21(14-23,20(26)27)11-16-6-4-3-5-7-16/h3-7,10,12,19,25H,8-9,11,13-14H2,1-2H3,(H,26,27)/t19-,21-/m0/s1. The number of ketones is 1. The molecule has 2 aromatic rings. The molecule has 0 amide bonds. The third-order valence-electron chi connectivity index (χ3n) is 5.55. The van der Waals surface area contributed by atoms with E-state index in [1.165, 1.54) is 6.92 Å². The van der Waals surface area contributed by atoms with Gasteiger partial charge in [0, 0.05) is 44.1 Å². The summed E-state index contributed by atoms with van der Waals surface area (Å²) >= 11 is 0. The summed E-state index contributed by atoms with van der Waals surface area (Å²) in [5.41, 5.74) is 1.27. The van der Waals surface area contributed by atoms with Crippen molar-refractivity contribution in [2.75, 3.05) is 13.1 Å². The second-order valence-electron chi connectivity index (χ2n) is 7.53. The molecule has 6 heteroatoms. The van der Waals surface area contributed by atoms with Crippen LogP contribution in [0.15, 0.2) is 42.6 Å². The number of carboxylic acid groups (broad SMARTS) is 1. The van der Waals surface area contributed by atoms with Crippen LogP contribution in [0.5, 0.6) is 0 Å². The van der Waals surface area contributed by atoms with Gasteiger partial charge in [-0.05, 0) is 31.4 Å². The van der Waals surface area contributed by atoms with Gasteiger partial charge in [-0.15, -0.1) is 0 Å². The second kappa shape index (κ2) is 7.66. The number of aliphatic hydroxyl groups excluding tert-OH is 1. The highest BCUT2D eigenvalue weighted by Crippen LogP contribution is 2.35. The molecule has 2 heterocycles. The number of aryl methyl sites for hydroxylation is 1. The summed E-state index contributed by atoms with van der Waals surface area (Å²) in [6.07, 6.45) is 1.59. The van der Waals surface area contributed by atoms with Crippen LogP contribution in [0.25, 0.3) is 0 Å². The van der Waals surface area contributed by atoms with Crippen molar-refractivity contribution >= 4 is 11.8 Å². The first kappa shape index (κ1) is 19.3. The van der Waals surface area contributed by atoms with Gasteiger partial charge < -0.3 is 14.8 Å². The van der Waals surface area contributed by atoms with E-state index >= 15 is 0 Å². The first-order valence-corrected chi connectivity index (χ1v) is 9.16. The van der Waals surface area contributed by atoms with E-state index in [1.807, 2.05) is 48.0 Å². The number of rotatable bonds is 6. The fraction of sp³-hybridized carbons (Fsp3) is 0.429. The van der Waals surface area contributed by atoms with Gasteiger partial charge in [-0.3, -0.25) is 14.5 Å². The van der Waals surface area contributed by atoms with Crippen molar-refractivity contribution in [1.29, 1.82) is 0 Å². The highest BCUT2D eigenvalue weighted by atomic mass is 16.4. The Kier molecular flexibility index (Phi) is 5.48.